The monoisotopic (exact) mass is 462 g/mol. The summed E-state index contributed by atoms with van der Waals surface area (Å²) >= 11 is 0. The Hall–Kier alpha value is -4.46. The molecule has 0 fully saturated rings. The van der Waals surface area contributed by atoms with Gasteiger partial charge in [0, 0.05) is 17.7 Å². The Kier molecular flexibility index (Phi) is 6.40. The summed E-state index contributed by atoms with van der Waals surface area (Å²) in [6.07, 6.45) is 1.56. The minimum atomic E-state index is -0.544. The number of carbonyl (C=O) groups excluding carboxylic acids is 2. The molecule has 0 aliphatic carbocycles. The van der Waals surface area contributed by atoms with Crippen LogP contribution in [-0.4, -0.2) is 40.2 Å². The Bertz CT molecular complexity index is 1270. The van der Waals surface area contributed by atoms with E-state index in [4.69, 9.17) is 28.4 Å². The lowest BCUT2D eigenvalue weighted by Crippen LogP contribution is -2.08. The maximum atomic E-state index is 12.9. The number of rotatable bonds is 7. The molecule has 0 N–H and O–H groups in total. The smallest absolute Gasteiger partial charge is 0.343 e. The van der Waals surface area contributed by atoms with Crippen LogP contribution in [0.2, 0.25) is 0 Å². The van der Waals surface area contributed by atoms with E-state index in [1.165, 1.54) is 27.4 Å². The molecule has 34 heavy (non-hydrogen) atoms. The second-order valence-electron chi connectivity index (χ2n) is 7.16. The van der Waals surface area contributed by atoms with E-state index in [0.717, 1.165) is 0 Å². The van der Waals surface area contributed by atoms with Gasteiger partial charge in [-0.3, -0.25) is 4.79 Å². The molecule has 1 aliphatic heterocycles. The SMILES string of the molecule is COc1ccc(C(=O)Oc2ccc3c(c2)OC(=Cc2cc(OC)c(OC)cc2OC)C3=O)cc1. The lowest BCUT2D eigenvalue weighted by molar-refractivity contribution is 0.0734. The number of ketones is 1. The predicted octanol–water partition coefficient (Wildman–Crippen LogP) is 4.56. The first-order valence-corrected chi connectivity index (χ1v) is 10.2. The van der Waals surface area contributed by atoms with Gasteiger partial charge in [-0.2, -0.15) is 0 Å². The quantitative estimate of drug-likeness (QED) is 0.287. The fourth-order valence-corrected chi connectivity index (χ4v) is 3.43. The van der Waals surface area contributed by atoms with Crippen LogP contribution in [0.1, 0.15) is 26.3 Å². The van der Waals surface area contributed by atoms with Crippen LogP contribution in [0.5, 0.6) is 34.5 Å². The molecular formula is C26H22O8. The van der Waals surface area contributed by atoms with E-state index in [1.54, 1.807) is 61.7 Å². The fraction of sp³-hybridized carbons (Fsp3) is 0.154. The number of esters is 1. The minimum absolute atomic E-state index is 0.0964. The summed E-state index contributed by atoms with van der Waals surface area (Å²) in [4.78, 5) is 25.3. The van der Waals surface area contributed by atoms with Crippen LogP contribution in [0, 0.1) is 0 Å². The molecule has 0 saturated carbocycles. The van der Waals surface area contributed by atoms with Gasteiger partial charge in [0.25, 0.3) is 0 Å². The van der Waals surface area contributed by atoms with E-state index in [-0.39, 0.29) is 23.0 Å². The highest BCUT2D eigenvalue weighted by Crippen LogP contribution is 2.39. The zero-order valence-corrected chi connectivity index (χ0v) is 19.0. The van der Waals surface area contributed by atoms with Crippen molar-refractivity contribution < 1.29 is 38.0 Å². The highest BCUT2D eigenvalue weighted by atomic mass is 16.5. The van der Waals surface area contributed by atoms with Gasteiger partial charge in [-0.05, 0) is 48.5 Å². The molecule has 3 aromatic rings. The Labute approximate surface area is 196 Å². The van der Waals surface area contributed by atoms with Crippen molar-refractivity contribution >= 4 is 17.8 Å². The molecule has 174 valence electrons. The van der Waals surface area contributed by atoms with Crippen LogP contribution in [-0.2, 0) is 0 Å². The third kappa shape index (κ3) is 4.38. The minimum Gasteiger partial charge on any atom is -0.497 e. The summed E-state index contributed by atoms with van der Waals surface area (Å²) in [6.45, 7) is 0. The first kappa shape index (κ1) is 22.7. The van der Waals surface area contributed by atoms with Crippen LogP contribution < -0.4 is 28.4 Å². The molecule has 3 aromatic carbocycles. The molecule has 0 amide bonds. The second-order valence-corrected chi connectivity index (χ2v) is 7.16. The summed E-state index contributed by atoms with van der Waals surface area (Å²) in [7, 11) is 6.10. The number of benzene rings is 3. The van der Waals surface area contributed by atoms with Crippen molar-refractivity contribution in [3.8, 4) is 34.5 Å². The van der Waals surface area contributed by atoms with Crippen molar-refractivity contribution in [3.63, 3.8) is 0 Å². The van der Waals surface area contributed by atoms with Gasteiger partial charge in [0.15, 0.2) is 17.3 Å². The zero-order valence-electron chi connectivity index (χ0n) is 19.0. The first-order chi connectivity index (χ1) is 16.5. The van der Waals surface area contributed by atoms with Gasteiger partial charge in [0.2, 0.25) is 5.78 Å². The maximum Gasteiger partial charge on any atom is 0.343 e. The molecule has 4 rings (SSSR count). The molecule has 0 spiro atoms. The van der Waals surface area contributed by atoms with Crippen LogP contribution in [0.25, 0.3) is 6.08 Å². The van der Waals surface area contributed by atoms with E-state index in [1.807, 2.05) is 0 Å². The Morgan fingerprint density at radius 2 is 1.41 bits per heavy atom. The van der Waals surface area contributed by atoms with E-state index in [9.17, 15) is 9.59 Å². The molecule has 0 radical (unpaired) electrons. The van der Waals surface area contributed by atoms with Crippen molar-refractivity contribution in [2.24, 2.45) is 0 Å². The number of hydrogen-bond acceptors (Lipinski definition) is 8. The largest absolute Gasteiger partial charge is 0.497 e. The molecule has 1 heterocycles. The average molecular weight is 462 g/mol. The summed E-state index contributed by atoms with van der Waals surface area (Å²) < 4.78 is 32.4. The van der Waals surface area contributed by atoms with Crippen LogP contribution >= 0.6 is 0 Å². The molecule has 0 bridgehead atoms. The van der Waals surface area contributed by atoms with Crippen LogP contribution in [0.4, 0.5) is 0 Å². The second kappa shape index (κ2) is 9.58. The topological polar surface area (TPSA) is 89.5 Å². The molecule has 1 aliphatic rings. The van der Waals surface area contributed by atoms with Crippen molar-refractivity contribution in [2.45, 2.75) is 0 Å². The molecular weight excluding hydrogens is 440 g/mol. The summed E-state index contributed by atoms with van der Waals surface area (Å²) in [6, 6.07) is 14.5. The maximum absolute atomic E-state index is 12.9. The molecule has 8 nitrogen and oxygen atoms in total. The zero-order chi connectivity index (χ0) is 24.2. The standard InChI is InChI=1S/C26H22O8/c1-29-17-7-5-15(6-8-17)26(28)33-18-9-10-19-21(13-18)34-24(25(19)27)12-16-11-22(31-3)23(32-4)14-20(16)30-2/h5-14H,1-4H3. The van der Waals surface area contributed by atoms with Gasteiger partial charge in [-0.15, -0.1) is 0 Å². The third-order valence-electron chi connectivity index (χ3n) is 5.20. The molecule has 0 atom stereocenters. The molecule has 0 unspecified atom stereocenters. The highest BCUT2D eigenvalue weighted by Gasteiger charge is 2.29. The Morgan fingerprint density at radius 3 is 2.06 bits per heavy atom. The number of fused-ring (bicyclic) bond motifs is 1. The number of allylic oxidation sites excluding steroid dienone is 1. The van der Waals surface area contributed by atoms with Crippen molar-refractivity contribution in [1.82, 2.24) is 0 Å². The summed E-state index contributed by atoms with van der Waals surface area (Å²) in [5, 5.41) is 0. The lowest BCUT2D eigenvalue weighted by Gasteiger charge is -2.12. The average Bonchev–Trinajstić information content (AvgIpc) is 3.17. The van der Waals surface area contributed by atoms with E-state index in [0.29, 0.717) is 39.7 Å². The number of methoxy groups -OCH3 is 4. The summed E-state index contributed by atoms with van der Waals surface area (Å²) in [5.74, 6) is 1.86. The highest BCUT2D eigenvalue weighted by molar-refractivity contribution is 6.14. The van der Waals surface area contributed by atoms with Gasteiger partial charge in [0.1, 0.15) is 23.0 Å². The van der Waals surface area contributed by atoms with Gasteiger partial charge < -0.3 is 28.4 Å². The molecule has 8 heteroatoms. The van der Waals surface area contributed by atoms with Gasteiger partial charge >= 0.3 is 5.97 Å². The van der Waals surface area contributed by atoms with E-state index in [2.05, 4.69) is 0 Å². The normalized spacial score (nSPS) is 13.2. The number of hydrogen-bond donors (Lipinski definition) is 0. The van der Waals surface area contributed by atoms with Gasteiger partial charge in [-0.25, -0.2) is 4.79 Å². The Balaban J connectivity index is 1.57. The first-order valence-electron chi connectivity index (χ1n) is 10.2. The van der Waals surface area contributed by atoms with Gasteiger partial charge in [0.05, 0.1) is 39.6 Å². The van der Waals surface area contributed by atoms with Crippen LogP contribution in [0.15, 0.2) is 60.4 Å². The lowest BCUT2D eigenvalue weighted by atomic mass is 10.1. The number of carbonyl (C=O) groups is 2. The van der Waals surface area contributed by atoms with Crippen molar-refractivity contribution in [2.75, 3.05) is 28.4 Å². The molecule has 0 aromatic heterocycles. The van der Waals surface area contributed by atoms with Crippen molar-refractivity contribution in [3.05, 3.63) is 77.0 Å². The van der Waals surface area contributed by atoms with E-state index < -0.39 is 5.97 Å². The van der Waals surface area contributed by atoms with Crippen molar-refractivity contribution in [1.29, 1.82) is 0 Å². The van der Waals surface area contributed by atoms with Crippen LogP contribution in [0.3, 0.4) is 0 Å². The van der Waals surface area contributed by atoms with Gasteiger partial charge in [-0.1, -0.05) is 0 Å². The third-order valence-corrected chi connectivity index (χ3v) is 5.20. The number of Topliss-reactive ketones (excluding diaryl/α,β-unsaturated/α-hetero) is 1. The number of ether oxygens (including phenoxy) is 6. The van der Waals surface area contributed by atoms with E-state index >= 15 is 0 Å². The fourth-order valence-electron chi connectivity index (χ4n) is 3.43. The Morgan fingerprint density at radius 1 is 0.765 bits per heavy atom. The summed E-state index contributed by atoms with van der Waals surface area (Å²) in [5.41, 5.74) is 1.29. The predicted molar refractivity (Wildman–Crippen MR) is 123 cm³/mol. The molecule has 0 saturated heterocycles.